The van der Waals surface area contributed by atoms with Crippen LogP contribution in [0.2, 0.25) is 0 Å². The number of para-hydroxylation sites is 1. The molecule has 2 unspecified atom stereocenters. The van der Waals surface area contributed by atoms with Crippen LogP contribution in [0.3, 0.4) is 0 Å². The van der Waals surface area contributed by atoms with Crippen molar-refractivity contribution in [1.29, 1.82) is 0 Å². The third kappa shape index (κ3) is 2.13. The fraction of sp³-hybridized carbons (Fsp3) is 0.381. The SMILES string of the molecule is CC12CCC(c3c(C(=O)Nc4nccs4)nn(-c4ccccc4)c31)C2(C)C. The molecular weight excluding hydrogens is 356 g/mol. The van der Waals surface area contributed by atoms with Crippen LogP contribution in [0.4, 0.5) is 5.13 Å². The van der Waals surface area contributed by atoms with E-state index in [4.69, 9.17) is 5.10 Å². The summed E-state index contributed by atoms with van der Waals surface area (Å²) >= 11 is 1.42. The Morgan fingerprint density at radius 2 is 2.04 bits per heavy atom. The largest absolute Gasteiger partial charge is 0.296 e. The van der Waals surface area contributed by atoms with Crippen LogP contribution in [0.15, 0.2) is 41.9 Å². The number of carbonyl (C=O) groups excluding carboxylic acids is 1. The van der Waals surface area contributed by atoms with Gasteiger partial charge in [0.15, 0.2) is 10.8 Å². The van der Waals surface area contributed by atoms with Gasteiger partial charge in [-0.05, 0) is 36.3 Å². The first-order chi connectivity index (χ1) is 12.9. The zero-order valence-electron chi connectivity index (χ0n) is 15.7. The molecule has 0 aliphatic heterocycles. The van der Waals surface area contributed by atoms with Crippen molar-refractivity contribution in [2.24, 2.45) is 5.41 Å². The number of thiazole rings is 1. The number of nitrogens with one attached hydrogen (secondary N) is 1. The minimum atomic E-state index is -0.164. The highest BCUT2D eigenvalue weighted by atomic mass is 32.1. The number of nitrogens with zero attached hydrogens (tertiary/aromatic N) is 3. The van der Waals surface area contributed by atoms with E-state index in [1.54, 1.807) is 6.20 Å². The van der Waals surface area contributed by atoms with Gasteiger partial charge in [0.2, 0.25) is 0 Å². The molecule has 2 aliphatic carbocycles. The Bertz CT molecular complexity index is 1020. The molecule has 0 radical (unpaired) electrons. The zero-order chi connectivity index (χ0) is 18.8. The molecule has 2 aromatic heterocycles. The summed E-state index contributed by atoms with van der Waals surface area (Å²) in [6.45, 7) is 7.01. The summed E-state index contributed by atoms with van der Waals surface area (Å²) in [6.07, 6.45) is 3.93. The minimum Gasteiger partial charge on any atom is -0.296 e. The van der Waals surface area contributed by atoms with E-state index in [2.05, 4.69) is 43.2 Å². The second-order valence-corrected chi connectivity index (χ2v) is 9.19. The van der Waals surface area contributed by atoms with Crippen LogP contribution in [0.1, 0.15) is 61.3 Å². The molecule has 3 aromatic rings. The number of amides is 1. The lowest BCUT2D eigenvalue weighted by atomic mass is 9.70. The molecule has 0 saturated heterocycles. The van der Waals surface area contributed by atoms with Crippen molar-refractivity contribution in [2.75, 3.05) is 5.32 Å². The van der Waals surface area contributed by atoms with Crippen molar-refractivity contribution in [3.8, 4) is 5.69 Å². The molecule has 2 heterocycles. The van der Waals surface area contributed by atoms with Crippen molar-refractivity contribution in [2.45, 2.75) is 44.9 Å². The van der Waals surface area contributed by atoms with Gasteiger partial charge in [-0.1, -0.05) is 39.0 Å². The molecule has 1 fully saturated rings. The number of hydrogen-bond acceptors (Lipinski definition) is 4. The molecule has 138 valence electrons. The fourth-order valence-electron chi connectivity index (χ4n) is 5.09. The number of carbonyl (C=O) groups is 1. The van der Waals surface area contributed by atoms with Gasteiger partial charge in [-0.15, -0.1) is 11.3 Å². The van der Waals surface area contributed by atoms with Gasteiger partial charge in [-0.2, -0.15) is 5.10 Å². The number of rotatable bonds is 3. The summed E-state index contributed by atoms with van der Waals surface area (Å²) in [7, 11) is 0. The summed E-state index contributed by atoms with van der Waals surface area (Å²) in [5, 5.41) is 10.2. The number of fused-ring (bicyclic) bond motifs is 5. The standard InChI is InChI=1S/C21H22N4OS/c1-20(2)14-9-10-21(20,3)17-15(14)16(18(26)23-19-22-11-12-27-19)24-25(17)13-7-5-4-6-8-13/h4-8,11-12,14H,9-10H2,1-3H3,(H,22,23,26). The average molecular weight is 379 g/mol. The van der Waals surface area contributed by atoms with E-state index in [9.17, 15) is 4.79 Å². The van der Waals surface area contributed by atoms with E-state index in [-0.39, 0.29) is 16.7 Å². The zero-order valence-corrected chi connectivity index (χ0v) is 16.5. The first-order valence-corrected chi connectivity index (χ1v) is 10.2. The second-order valence-electron chi connectivity index (χ2n) is 8.29. The first kappa shape index (κ1) is 16.7. The van der Waals surface area contributed by atoms with Crippen LogP contribution >= 0.6 is 11.3 Å². The number of hydrogen-bond donors (Lipinski definition) is 1. The number of anilines is 1. The van der Waals surface area contributed by atoms with Gasteiger partial charge in [0.25, 0.3) is 5.91 Å². The lowest BCUT2D eigenvalue weighted by molar-refractivity contribution is 0.101. The third-order valence-corrected chi connectivity index (χ3v) is 7.58. The van der Waals surface area contributed by atoms with Crippen LogP contribution in [0, 0.1) is 5.41 Å². The summed E-state index contributed by atoms with van der Waals surface area (Å²) in [6, 6.07) is 10.1. The highest BCUT2D eigenvalue weighted by Gasteiger charge is 2.63. The van der Waals surface area contributed by atoms with Crippen LogP contribution < -0.4 is 5.32 Å². The van der Waals surface area contributed by atoms with E-state index in [0.29, 0.717) is 16.7 Å². The smallest absolute Gasteiger partial charge is 0.278 e. The molecule has 5 nitrogen and oxygen atoms in total. The summed E-state index contributed by atoms with van der Waals surface area (Å²) in [4.78, 5) is 17.3. The Labute approximate surface area is 162 Å². The van der Waals surface area contributed by atoms with Crippen molar-refractivity contribution in [3.63, 3.8) is 0 Å². The third-order valence-electron chi connectivity index (χ3n) is 6.89. The van der Waals surface area contributed by atoms with E-state index in [1.165, 1.54) is 17.0 Å². The van der Waals surface area contributed by atoms with Gasteiger partial charge in [-0.25, -0.2) is 9.67 Å². The Balaban J connectivity index is 1.70. The predicted octanol–water partition coefficient (Wildman–Crippen LogP) is 4.76. The molecule has 0 spiro atoms. The molecule has 6 heteroatoms. The second kappa shape index (κ2) is 5.52. The van der Waals surface area contributed by atoms with E-state index >= 15 is 0 Å². The van der Waals surface area contributed by atoms with E-state index in [1.807, 2.05) is 28.3 Å². The van der Waals surface area contributed by atoms with Crippen molar-refractivity contribution >= 4 is 22.4 Å². The van der Waals surface area contributed by atoms with Gasteiger partial charge in [-0.3, -0.25) is 10.1 Å². The van der Waals surface area contributed by atoms with Crippen LogP contribution in [0.5, 0.6) is 0 Å². The first-order valence-electron chi connectivity index (χ1n) is 9.33. The molecule has 2 atom stereocenters. The Kier molecular flexibility index (Phi) is 3.41. The van der Waals surface area contributed by atoms with Gasteiger partial charge in [0.1, 0.15) is 0 Å². The molecule has 1 saturated carbocycles. The lowest BCUT2D eigenvalue weighted by Crippen LogP contribution is -2.33. The summed E-state index contributed by atoms with van der Waals surface area (Å²) < 4.78 is 2.01. The molecule has 2 bridgehead atoms. The number of benzene rings is 1. The quantitative estimate of drug-likeness (QED) is 0.715. The fourth-order valence-corrected chi connectivity index (χ4v) is 5.61. The summed E-state index contributed by atoms with van der Waals surface area (Å²) in [5.74, 6) is 0.190. The summed E-state index contributed by atoms with van der Waals surface area (Å²) in [5.41, 5.74) is 4.01. The van der Waals surface area contributed by atoms with Crippen LogP contribution in [0.25, 0.3) is 5.69 Å². The van der Waals surface area contributed by atoms with Crippen molar-refractivity contribution in [1.82, 2.24) is 14.8 Å². The highest BCUT2D eigenvalue weighted by molar-refractivity contribution is 7.13. The maximum absolute atomic E-state index is 13.1. The maximum Gasteiger partial charge on any atom is 0.278 e. The Morgan fingerprint density at radius 1 is 1.26 bits per heavy atom. The molecule has 5 rings (SSSR count). The average Bonchev–Trinajstić information content (AvgIpc) is 3.37. The predicted molar refractivity (Wildman–Crippen MR) is 107 cm³/mol. The van der Waals surface area contributed by atoms with Crippen LogP contribution in [-0.2, 0) is 5.41 Å². The molecular formula is C21H22N4OS. The van der Waals surface area contributed by atoms with Gasteiger partial charge in [0, 0.05) is 22.6 Å². The van der Waals surface area contributed by atoms with Gasteiger partial charge >= 0.3 is 0 Å². The van der Waals surface area contributed by atoms with E-state index in [0.717, 1.165) is 24.1 Å². The van der Waals surface area contributed by atoms with Gasteiger partial charge in [0.05, 0.1) is 11.4 Å². The molecule has 1 aromatic carbocycles. The monoisotopic (exact) mass is 378 g/mol. The molecule has 1 amide bonds. The van der Waals surface area contributed by atoms with Crippen molar-refractivity contribution < 1.29 is 4.79 Å². The molecule has 27 heavy (non-hydrogen) atoms. The Morgan fingerprint density at radius 3 is 2.74 bits per heavy atom. The Hall–Kier alpha value is -2.47. The lowest BCUT2D eigenvalue weighted by Gasteiger charge is -2.35. The molecule has 1 N–H and O–H groups in total. The molecule has 2 aliphatic rings. The highest BCUT2D eigenvalue weighted by Crippen LogP contribution is 2.68. The number of aromatic nitrogens is 3. The van der Waals surface area contributed by atoms with E-state index < -0.39 is 0 Å². The normalized spacial score (nSPS) is 24.8. The maximum atomic E-state index is 13.1. The van der Waals surface area contributed by atoms with Gasteiger partial charge < -0.3 is 0 Å². The minimum absolute atomic E-state index is 0.00948. The topological polar surface area (TPSA) is 59.8 Å². The van der Waals surface area contributed by atoms with Crippen molar-refractivity contribution in [3.05, 3.63) is 58.9 Å². The van der Waals surface area contributed by atoms with Crippen LogP contribution in [-0.4, -0.2) is 20.7 Å².